The standard InChI is InChI=1S/C22H26N4O2S2.C9H13N6S2.4C8H16N6S2.Co.Cu.Ni.Zn/c1-15(23-13-21(29)12-17-4-6-18(14-27)7-5-17)16(2)25-26-22(30)24-19-8-10-20(28-3)11-9-19;1-5-6(2)15-9(17-8(11-4)13-15)14(5)12-7(10-3)16-9;4*1-5(11-13-7(15)9-3)6(2)12-14-8(16)10-4;;;;/h4-11,27H,12-14H2,1-3H3,(H2,24,26,30);1-4H3,(H,10,12);4*1-4H3,(H2,9,13,15)(H2,10,14,16);;;;/q;+1;;;;;4*+2/p-7/b23-15?,25-16+;;;;;;;;;. The van der Waals surface area contributed by atoms with E-state index in [9.17, 15) is 0 Å². The Bertz CT molecular complexity index is 3650. The van der Waals surface area contributed by atoms with Gasteiger partial charge >= 0.3 is 74.1 Å². The largest absolute Gasteiger partial charge is 2.00 e. The molecule has 3 aliphatic rings. The van der Waals surface area contributed by atoms with Gasteiger partial charge in [0, 0.05) is 101 Å². The Hall–Kier alpha value is -6.68. The number of hydrazine groups is 2. The molecule has 0 unspecified atom stereocenters. The van der Waals surface area contributed by atoms with Crippen molar-refractivity contribution in [2.75, 3.05) is 89.4 Å². The molecule has 0 bridgehead atoms. The van der Waals surface area contributed by atoms with Gasteiger partial charge in [0.1, 0.15) is 5.75 Å². The van der Waals surface area contributed by atoms with Crippen molar-refractivity contribution in [3.63, 3.8) is 0 Å². The second-order valence-corrected chi connectivity index (χ2v) is 27.8. The summed E-state index contributed by atoms with van der Waals surface area (Å²) in [6.45, 7) is 22.5. The number of benzene rings is 2. The van der Waals surface area contributed by atoms with Crippen molar-refractivity contribution >= 4 is 285 Å². The third-order valence-corrected chi connectivity index (χ3v) is 18.9. The van der Waals surface area contributed by atoms with Crippen molar-refractivity contribution in [1.82, 2.24) is 58.8 Å². The van der Waals surface area contributed by atoms with Crippen LogP contribution in [0.2, 0.25) is 0 Å². The van der Waals surface area contributed by atoms with Gasteiger partial charge in [-0.15, -0.1) is 10.9 Å². The van der Waals surface area contributed by atoms with E-state index in [1.807, 2.05) is 62.4 Å². The summed E-state index contributed by atoms with van der Waals surface area (Å²) in [6.07, 6.45) is 0.669. The number of nitrogens with one attached hydrogen (secondary N) is 12. The first kappa shape index (κ1) is 117. The van der Waals surface area contributed by atoms with Crippen molar-refractivity contribution in [3.05, 3.63) is 59.7 Å². The second kappa shape index (κ2) is 66.3. The van der Waals surface area contributed by atoms with Crippen molar-refractivity contribution < 1.29 is 89.0 Å². The Morgan fingerprint density at radius 3 is 0.965 bits per heavy atom. The minimum Gasteiger partial charge on any atom is -0.741 e. The molecule has 36 nitrogen and oxygen atoms in total. The number of methoxy groups -OCH3 is 1. The fourth-order valence-corrected chi connectivity index (χ4v) is 9.82. The minimum atomic E-state index is -0.252. The maximum atomic E-state index is 9.10. The van der Waals surface area contributed by atoms with Crippen LogP contribution in [0.15, 0.2) is 150 Å². The number of aliphatic hydroxyl groups excluding tert-OH is 1. The zero-order valence-corrected chi connectivity index (χ0v) is 83.2. The number of anilines is 1. The molecule has 2 aromatic carbocycles. The molecule has 0 saturated carbocycles. The summed E-state index contributed by atoms with van der Waals surface area (Å²) in [4.78, 5) is 13.8. The van der Waals surface area contributed by atoms with Crippen LogP contribution in [0.5, 0.6) is 5.75 Å². The Balaban J connectivity index is -0.000000427. The first-order chi connectivity index (χ1) is 52.6. The summed E-state index contributed by atoms with van der Waals surface area (Å²) >= 11 is 52.5. The van der Waals surface area contributed by atoms with Crippen molar-refractivity contribution in [1.29, 1.82) is 0 Å². The number of rotatable bonds is 21. The molecule has 115 heavy (non-hydrogen) atoms. The number of nitrogens with zero attached hydrogens (tertiary/aromatic N) is 22. The molecular formula is C63H96CoCuN34NiO2S12Zn+2. The van der Waals surface area contributed by atoms with Crippen molar-refractivity contribution in [3.8, 4) is 5.75 Å². The van der Waals surface area contributed by atoms with Gasteiger partial charge in [-0.3, -0.25) is 20.4 Å². The van der Waals surface area contributed by atoms with Crippen LogP contribution in [0.3, 0.4) is 0 Å². The average molecular weight is 1990 g/mol. The number of aliphatic hydroxyl groups is 1. The Morgan fingerprint density at radius 2 is 0.722 bits per heavy atom. The molecule has 3 aliphatic heterocycles. The molecule has 2 radical (unpaired) electrons. The van der Waals surface area contributed by atoms with E-state index in [-0.39, 0.29) is 80.8 Å². The number of ether oxygens (including phenoxy) is 1. The molecule has 3 heterocycles. The van der Waals surface area contributed by atoms with Gasteiger partial charge in [0.25, 0.3) is 11.4 Å². The van der Waals surface area contributed by atoms with E-state index < -0.39 is 0 Å². The normalized spacial score (nSPS) is 16.7. The molecule has 2 saturated heterocycles. The van der Waals surface area contributed by atoms with Gasteiger partial charge in [-0.25, -0.2) is 0 Å². The molecule has 5 rings (SSSR count). The molecule has 2 aromatic rings. The fourth-order valence-electron chi connectivity index (χ4n) is 6.40. The number of hydrogen-bond acceptors (Lipinski definition) is 34. The van der Waals surface area contributed by atoms with Crippen LogP contribution >= 0.6 is 48.0 Å². The monoisotopic (exact) mass is 1990 g/mol. The summed E-state index contributed by atoms with van der Waals surface area (Å²) in [6, 6.07) is 15.2. The van der Waals surface area contributed by atoms with Crippen molar-refractivity contribution in [2.45, 2.75) is 100 Å². The van der Waals surface area contributed by atoms with E-state index in [0.29, 0.717) is 105 Å². The van der Waals surface area contributed by atoms with E-state index in [2.05, 4.69) is 189 Å². The van der Waals surface area contributed by atoms with Crippen LogP contribution in [0.1, 0.15) is 94.2 Å². The maximum Gasteiger partial charge on any atom is 2.00 e. The SMILES string of the molecule is CN=C1N[N+]2=C(C)C(C)=[N+]3NC(=NC)SC23S1.CNC([S-])=NN=C(C)C(C)=NN=C([S-])NC.CNC([S-])=NN=C(C)C(C)=NN=C([S-])NC.CNC([S-])=NN=C(C)C(C)=NN=C([S-])NC.CNC([S-])=NN=C(C)C(C)=NN=C([S-])NC.COc1ccc(NC(=S)N/N=C(\C)C(C)=NCC(=S)Cc2ccc(CO)cc2)cc1.[Co+2].[Cu+2].[Ni+2].[Zn+2]. The predicted octanol–water partition coefficient (Wildman–Crippen LogP) is 3.88. The number of hydrogen-bond donors (Lipinski definition) is 13. The third kappa shape index (κ3) is 48.1. The van der Waals surface area contributed by atoms with Crippen LogP contribution < -0.4 is 68.9 Å². The molecular weight excluding hydrogens is 1900 g/mol. The molecule has 2 fully saturated rings. The van der Waals surface area contributed by atoms with Gasteiger partial charge in [0.05, 0.1) is 101 Å². The Morgan fingerprint density at radius 1 is 0.452 bits per heavy atom. The van der Waals surface area contributed by atoms with Gasteiger partial charge in [-0.1, -0.05) is 36.5 Å². The number of amidine groups is 10. The van der Waals surface area contributed by atoms with E-state index in [1.165, 1.54) is 11.4 Å². The Labute approximate surface area is 781 Å². The van der Waals surface area contributed by atoms with Gasteiger partial charge in [0.15, 0.2) is 5.11 Å². The predicted molar refractivity (Wildman–Crippen MR) is 501 cm³/mol. The first-order valence-corrected chi connectivity index (χ1v) is 38.2. The maximum absolute atomic E-state index is 9.10. The summed E-state index contributed by atoms with van der Waals surface area (Å²) in [7, 11) is 18.6. The smallest absolute Gasteiger partial charge is 0.741 e. The molecule has 632 valence electrons. The quantitative estimate of drug-likeness (QED) is 0.0160. The molecule has 0 atom stereocenters. The first-order valence-electron chi connectivity index (χ1n) is 32.4. The van der Waals surface area contributed by atoms with E-state index in [1.54, 1.807) is 157 Å². The van der Waals surface area contributed by atoms with E-state index >= 15 is 0 Å². The molecule has 0 aliphatic carbocycles. The van der Waals surface area contributed by atoms with Crippen LogP contribution in [-0.4, -0.2) is 233 Å². The zero-order valence-electron chi connectivity index (χ0n) is 67.5. The zero-order chi connectivity index (χ0) is 84.3. The summed E-state index contributed by atoms with van der Waals surface area (Å²) < 4.78 is 9.17. The van der Waals surface area contributed by atoms with Gasteiger partial charge in [-0.05, 0) is 168 Å². The van der Waals surface area contributed by atoms with E-state index in [0.717, 1.165) is 49.2 Å². The Kier molecular flexibility index (Phi) is 67.3. The van der Waals surface area contributed by atoms with Crippen molar-refractivity contribution in [2.24, 2.45) is 102 Å². The average Bonchev–Trinajstić information content (AvgIpc) is 1.55. The molecule has 1 spiro atoms. The topological polar surface area (TPSA) is 427 Å². The van der Waals surface area contributed by atoms with Crippen LogP contribution in [0.25, 0.3) is 0 Å². The number of hydrazone groups is 3. The number of thiocarbonyl (C=S) groups is 2. The minimum absolute atomic E-state index is 0. The number of aliphatic imine (C=N–C) groups is 3. The van der Waals surface area contributed by atoms with Gasteiger partial charge in [-0.2, -0.15) is 86.7 Å². The molecule has 0 aromatic heterocycles. The summed E-state index contributed by atoms with van der Waals surface area (Å²) in [5.74, 6) is 0.778. The number of thioether (sulfide) groups is 2. The molecule has 13 N–H and O–H groups in total. The summed E-state index contributed by atoms with van der Waals surface area (Å²) in [5.41, 5.74) is 21.2. The van der Waals surface area contributed by atoms with Crippen LogP contribution in [-0.2, 0) is 184 Å². The van der Waals surface area contributed by atoms with Gasteiger partial charge in [0.2, 0.25) is 10.3 Å². The van der Waals surface area contributed by atoms with E-state index in [4.69, 9.17) is 135 Å². The van der Waals surface area contributed by atoms with Crippen LogP contribution in [0.4, 0.5) is 5.69 Å². The third-order valence-electron chi connectivity index (χ3n) is 13.5. The summed E-state index contributed by atoms with van der Waals surface area (Å²) in [5, 5.41) is 104. The van der Waals surface area contributed by atoms with Crippen LogP contribution in [0, 0.1) is 0 Å². The second-order valence-electron chi connectivity index (χ2n) is 21.2. The van der Waals surface area contributed by atoms with Gasteiger partial charge < -0.3 is 159 Å². The fraction of sp³-hybridized carbons (Fsp3) is 0.429. The molecule has 52 heteroatoms. The molecule has 0 amide bonds.